The van der Waals surface area contributed by atoms with Gasteiger partial charge in [0.1, 0.15) is 11.4 Å². The molecule has 0 atom stereocenters. The fourth-order valence-corrected chi connectivity index (χ4v) is 2.20. The molecule has 0 radical (unpaired) electrons. The topological polar surface area (TPSA) is 78.1 Å². The Morgan fingerprint density at radius 1 is 1.39 bits per heavy atom. The zero-order valence-electron chi connectivity index (χ0n) is 9.66. The van der Waals surface area contributed by atoms with Gasteiger partial charge in [0.25, 0.3) is 0 Å². The molecule has 0 saturated carbocycles. The molecule has 92 valence electrons. The number of ether oxygens (including phenoxy) is 1. The van der Waals surface area contributed by atoms with Crippen molar-refractivity contribution in [3.05, 3.63) is 42.4 Å². The molecule has 6 heteroatoms. The Kier molecular flexibility index (Phi) is 3.78. The predicted molar refractivity (Wildman–Crippen MR) is 68.3 cm³/mol. The van der Waals surface area contributed by atoms with Gasteiger partial charge in [0.15, 0.2) is 0 Å². The average Bonchev–Trinajstić information content (AvgIpc) is 2.41. The van der Waals surface area contributed by atoms with Crippen LogP contribution in [0.25, 0.3) is 0 Å². The molecule has 5 nitrogen and oxygen atoms in total. The van der Waals surface area contributed by atoms with Crippen LogP contribution in [0.3, 0.4) is 0 Å². The number of esters is 1. The molecule has 1 aromatic carbocycles. The summed E-state index contributed by atoms with van der Waals surface area (Å²) in [5, 5.41) is 0.750. The third-order valence-electron chi connectivity index (χ3n) is 2.18. The molecular formula is C12H11N3O2S. The molecule has 0 unspecified atom stereocenters. The second-order valence-electron chi connectivity index (χ2n) is 3.40. The Balaban J connectivity index is 2.35. The summed E-state index contributed by atoms with van der Waals surface area (Å²) in [6, 6.07) is 6.86. The number of methoxy groups -OCH3 is 1. The van der Waals surface area contributed by atoms with E-state index in [0.717, 1.165) is 9.92 Å². The van der Waals surface area contributed by atoms with Gasteiger partial charge in [0, 0.05) is 16.8 Å². The highest BCUT2D eigenvalue weighted by atomic mass is 32.2. The summed E-state index contributed by atoms with van der Waals surface area (Å²) in [5.41, 5.74) is 6.62. The number of anilines is 1. The number of carbonyl (C=O) groups excluding carboxylic acids is 1. The van der Waals surface area contributed by atoms with Gasteiger partial charge in [-0.1, -0.05) is 11.8 Å². The molecule has 0 amide bonds. The van der Waals surface area contributed by atoms with Crippen molar-refractivity contribution >= 4 is 23.4 Å². The molecule has 0 aliphatic carbocycles. The Bertz CT molecular complexity index is 561. The van der Waals surface area contributed by atoms with Crippen LogP contribution in [-0.2, 0) is 4.74 Å². The number of nitrogens with zero attached hydrogens (tertiary/aromatic N) is 2. The van der Waals surface area contributed by atoms with Crippen molar-refractivity contribution in [2.75, 3.05) is 12.8 Å². The maximum atomic E-state index is 11.7. The fourth-order valence-electron chi connectivity index (χ4n) is 1.36. The second kappa shape index (κ2) is 5.50. The van der Waals surface area contributed by atoms with Gasteiger partial charge >= 0.3 is 5.97 Å². The zero-order chi connectivity index (χ0) is 13.0. The van der Waals surface area contributed by atoms with Gasteiger partial charge in [-0.2, -0.15) is 0 Å². The zero-order valence-corrected chi connectivity index (χ0v) is 10.5. The van der Waals surface area contributed by atoms with E-state index in [9.17, 15) is 4.79 Å². The van der Waals surface area contributed by atoms with Gasteiger partial charge < -0.3 is 10.5 Å². The molecule has 2 N–H and O–H groups in total. The third kappa shape index (κ3) is 2.78. The second-order valence-corrected chi connectivity index (χ2v) is 4.46. The van der Waals surface area contributed by atoms with Gasteiger partial charge in [-0.3, -0.25) is 0 Å². The van der Waals surface area contributed by atoms with Gasteiger partial charge in [-0.25, -0.2) is 14.8 Å². The summed E-state index contributed by atoms with van der Waals surface area (Å²) in [5.74, 6) is -0.418. The van der Waals surface area contributed by atoms with Gasteiger partial charge in [0.05, 0.1) is 12.7 Å². The Morgan fingerprint density at radius 3 is 2.89 bits per heavy atom. The lowest BCUT2D eigenvalue weighted by Crippen LogP contribution is -2.04. The van der Waals surface area contributed by atoms with E-state index in [0.29, 0.717) is 11.3 Å². The number of aromatic nitrogens is 2. The fraction of sp³-hybridized carbons (Fsp3) is 0.0833. The van der Waals surface area contributed by atoms with Crippen LogP contribution >= 0.6 is 11.8 Å². The van der Waals surface area contributed by atoms with Crippen molar-refractivity contribution in [1.82, 2.24) is 9.97 Å². The molecule has 18 heavy (non-hydrogen) atoms. The molecule has 1 heterocycles. The number of hydrogen-bond acceptors (Lipinski definition) is 6. The summed E-state index contributed by atoms with van der Waals surface area (Å²) >= 11 is 1.36. The standard InChI is InChI=1S/C12H11N3O2S/c1-17-12(16)9-6-8(13)2-3-10(9)18-11-4-5-14-7-15-11/h2-7H,13H2,1H3. The van der Waals surface area contributed by atoms with E-state index < -0.39 is 5.97 Å². The van der Waals surface area contributed by atoms with Crippen LogP contribution in [0.15, 0.2) is 46.7 Å². The first-order chi connectivity index (χ1) is 8.70. The first-order valence-corrected chi connectivity index (χ1v) is 5.94. The molecular weight excluding hydrogens is 250 g/mol. The Labute approximate surface area is 108 Å². The van der Waals surface area contributed by atoms with Crippen molar-refractivity contribution in [2.24, 2.45) is 0 Å². The lowest BCUT2D eigenvalue weighted by molar-refractivity contribution is 0.0597. The Morgan fingerprint density at radius 2 is 2.22 bits per heavy atom. The minimum Gasteiger partial charge on any atom is -0.465 e. The first kappa shape index (κ1) is 12.4. The van der Waals surface area contributed by atoms with Crippen molar-refractivity contribution in [3.8, 4) is 0 Å². The number of carbonyl (C=O) groups is 1. The monoisotopic (exact) mass is 261 g/mol. The smallest absolute Gasteiger partial charge is 0.339 e. The minimum atomic E-state index is -0.418. The van der Waals surface area contributed by atoms with E-state index in [1.165, 1.54) is 25.2 Å². The highest BCUT2D eigenvalue weighted by Gasteiger charge is 2.13. The molecule has 0 bridgehead atoms. The van der Waals surface area contributed by atoms with Crippen LogP contribution in [0.2, 0.25) is 0 Å². The van der Waals surface area contributed by atoms with E-state index in [1.807, 2.05) is 0 Å². The van der Waals surface area contributed by atoms with Crippen molar-refractivity contribution in [3.63, 3.8) is 0 Å². The van der Waals surface area contributed by atoms with Crippen LogP contribution in [0.4, 0.5) is 5.69 Å². The van der Waals surface area contributed by atoms with E-state index in [4.69, 9.17) is 10.5 Å². The quantitative estimate of drug-likeness (QED) is 0.517. The average molecular weight is 261 g/mol. The highest BCUT2D eigenvalue weighted by molar-refractivity contribution is 7.99. The number of hydrogen-bond donors (Lipinski definition) is 1. The maximum Gasteiger partial charge on any atom is 0.339 e. The summed E-state index contributed by atoms with van der Waals surface area (Å²) in [7, 11) is 1.34. The van der Waals surface area contributed by atoms with E-state index in [2.05, 4.69) is 9.97 Å². The number of benzene rings is 1. The molecule has 2 aromatic rings. The number of rotatable bonds is 3. The number of nitrogens with two attached hydrogens (primary N) is 1. The van der Waals surface area contributed by atoms with Crippen molar-refractivity contribution in [2.45, 2.75) is 9.92 Å². The first-order valence-electron chi connectivity index (χ1n) is 5.12. The van der Waals surface area contributed by atoms with Crippen molar-refractivity contribution < 1.29 is 9.53 Å². The summed E-state index contributed by atoms with van der Waals surface area (Å²) in [6.07, 6.45) is 3.10. The normalized spacial score (nSPS) is 10.1. The third-order valence-corrected chi connectivity index (χ3v) is 3.20. The minimum absolute atomic E-state index is 0.418. The summed E-state index contributed by atoms with van der Waals surface area (Å²) in [4.78, 5) is 20.3. The lowest BCUT2D eigenvalue weighted by atomic mass is 10.2. The van der Waals surface area contributed by atoms with Gasteiger partial charge in [-0.05, 0) is 24.3 Å². The maximum absolute atomic E-state index is 11.7. The van der Waals surface area contributed by atoms with Crippen LogP contribution in [0.1, 0.15) is 10.4 Å². The Hall–Kier alpha value is -2.08. The van der Waals surface area contributed by atoms with Crippen molar-refractivity contribution in [1.29, 1.82) is 0 Å². The van der Waals surface area contributed by atoms with E-state index >= 15 is 0 Å². The molecule has 0 fully saturated rings. The SMILES string of the molecule is COC(=O)c1cc(N)ccc1Sc1ccncn1. The number of nitrogen functional groups attached to an aromatic ring is 1. The lowest BCUT2D eigenvalue weighted by Gasteiger charge is -2.07. The van der Waals surface area contributed by atoms with E-state index in [1.54, 1.807) is 30.5 Å². The van der Waals surface area contributed by atoms with Crippen LogP contribution < -0.4 is 5.73 Å². The van der Waals surface area contributed by atoms with Crippen LogP contribution in [0, 0.1) is 0 Å². The molecule has 2 rings (SSSR count). The van der Waals surface area contributed by atoms with Crippen LogP contribution in [0.5, 0.6) is 0 Å². The summed E-state index contributed by atoms with van der Waals surface area (Å²) in [6.45, 7) is 0. The van der Waals surface area contributed by atoms with Crippen LogP contribution in [-0.4, -0.2) is 23.0 Å². The van der Waals surface area contributed by atoms with Gasteiger partial charge in [-0.15, -0.1) is 0 Å². The molecule has 0 saturated heterocycles. The highest BCUT2D eigenvalue weighted by Crippen LogP contribution is 2.30. The van der Waals surface area contributed by atoms with E-state index in [-0.39, 0.29) is 0 Å². The largest absolute Gasteiger partial charge is 0.465 e. The predicted octanol–water partition coefficient (Wildman–Crippen LogP) is 2.00. The molecule has 0 aliphatic rings. The molecule has 0 aliphatic heterocycles. The molecule has 0 spiro atoms. The summed E-state index contributed by atoms with van der Waals surface area (Å²) < 4.78 is 4.73. The molecule has 1 aromatic heterocycles. The van der Waals surface area contributed by atoms with Gasteiger partial charge in [0.2, 0.25) is 0 Å².